The number of oxazole rings is 1. The summed E-state index contributed by atoms with van der Waals surface area (Å²) in [5, 5.41) is 8.72. The van der Waals surface area contributed by atoms with Crippen LogP contribution in [0.5, 0.6) is 0 Å². The number of benzene rings is 1. The first-order valence-corrected chi connectivity index (χ1v) is 9.77. The van der Waals surface area contributed by atoms with Gasteiger partial charge >= 0.3 is 0 Å². The van der Waals surface area contributed by atoms with E-state index in [0.717, 1.165) is 20.2 Å². The Labute approximate surface area is 157 Å². The minimum atomic E-state index is -0.403. The lowest BCUT2D eigenvalue weighted by molar-refractivity contribution is -0.121. The standard InChI is InChI=1S/C18H16N4O2S2/c1-11(20-18-22-13-5-2-3-6-14(13)26-18)16(23)19-9-12-10-24-17(21-12)15-7-4-8-25-15/h2-8,10-11H,9H2,1H3,(H,19,23)(H,20,22). The molecule has 0 radical (unpaired) electrons. The molecular weight excluding hydrogens is 368 g/mol. The molecular formula is C18H16N4O2S2. The number of hydrogen-bond donors (Lipinski definition) is 2. The minimum Gasteiger partial charge on any atom is -0.443 e. The van der Waals surface area contributed by atoms with Crippen LogP contribution >= 0.6 is 22.7 Å². The van der Waals surface area contributed by atoms with Crippen LogP contribution in [0.1, 0.15) is 12.6 Å². The van der Waals surface area contributed by atoms with Crippen LogP contribution < -0.4 is 10.6 Å². The van der Waals surface area contributed by atoms with Crippen molar-refractivity contribution in [1.29, 1.82) is 0 Å². The van der Waals surface area contributed by atoms with E-state index in [9.17, 15) is 4.79 Å². The van der Waals surface area contributed by atoms with Gasteiger partial charge in [0.05, 0.1) is 27.3 Å². The number of anilines is 1. The highest BCUT2D eigenvalue weighted by Crippen LogP contribution is 2.26. The van der Waals surface area contributed by atoms with Crippen molar-refractivity contribution >= 4 is 43.9 Å². The SMILES string of the molecule is CC(Nc1nc2ccccc2s1)C(=O)NCc1coc(-c2cccs2)n1. The number of fused-ring (bicyclic) bond motifs is 1. The number of thiazole rings is 1. The summed E-state index contributed by atoms with van der Waals surface area (Å²) < 4.78 is 6.54. The van der Waals surface area contributed by atoms with Crippen LogP contribution in [0.4, 0.5) is 5.13 Å². The maximum atomic E-state index is 12.3. The Kier molecular flexibility index (Phi) is 4.68. The third-order valence-corrected chi connectivity index (χ3v) is 5.58. The molecule has 0 saturated heterocycles. The van der Waals surface area contributed by atoms with Crippen molar-refractivity contribution in [2.24, 2.45) is 0 Å². The third-order valence-electron chi connectivity index (χ3n) is 3.75. The molecule has 26 heavy (non-hydrogen) atoms. The number of carbonyl (C=O) groups excluding carboxylic acids is 1. The molecule has 4 rings (SSSR count). The highest BCUT2D eigenvalue weighted by atomic mass is 32.1. The van der Waals surface area contributed by atoms with Crippen LogP contribution in [0, 0.1) is 0 Å². The molecule has 4 aromatic rings. The van der Waals surface area contributed by atoms with Gasteiger partial charge in [-0.25, -0.2) is 9.97 Å². The second-order valence-corrected chi connectivity index (χ2v) is 7.67. The van der Waals surface area contributed by atoms with Crippen molar-refractivity contribution in [3.8, 4) is 10.8 Å². The maximum absolute atomic E-state index is 12.3. The normalized spacial score (nSPS) is 12.2. The Morgan fingerprint density at radius 2 is 2.12 bits per heavy atom. The van der Waals surface area contributed by atoms with Crippen LogP contribution in [0.3, 0.4) is 0 Å². The van der Waals surface area contributed by atoms with Gasteiger partial charge in [0.25, 0.3) is 0 Å². The second-order valence-electron chi connectivity index (χ2n) is 5.69. The van der Waals surface area contributed by atoms with Crippen LogP contribution in [0.15, 0.2) is 52.5 Å². The number of nitrogens with one attached hydrogen (secondary N) is 2. The number of amides is 1. The fraction of sp³-hybridized carbons (Fsp3) is 0.167. The molecule has 0 fully saturated rings. The Bertz CT molecular complexity index is 990. The molecule has 132 valence electrons. The quantitative estimate of drug-likeness (QED) is 0.522. The van der Waals surface area contributed by atoms with E-state index >= 15 is 0 Å². The van der Waals surface area contributed by atoms with Gasteiger partial charge < -0.3 is 15.1 Å². The number of aromatic nitrogens is 2. The van der Waals surface area contributed by atoms with Crippen molar-refractivity contribution in [3.63, 3.8) is 0 Å². The smallest absolute Gasteiger partial charge is 0.242 e. The fourth-order valence-corrected chi connectivity index (χ4v) is 4.03. The lowest BCUT2D eigenvalue weighted by atomic mass is 10.3. The molecule has 3 heterocycles. The monoisotopic (exact) mass is 384 g/mol. The highest BCUT2D eigenvalue weighted by Gasteiger charge is 2.15. The summed E-state index contributed by atoms with van der Waals surface area (Å²) in [5.41, 5.74) is 1.62. The molecule has 0 spiro atoms. The summed E-state index contributed by atoms with van der Waals surface area (Å²) in [5.74, 6) is 0.454. The van der Waals surface area contributed by atoms with E-state index in [1.54, 1.807) is 24.5 Å². The van der Waals surface area contributed by atoms with Gasteiger partial charge in [-0.15, -0.1) is 11.3 Å². The lowest BCUT2D eigenvalue weighted by Crippen LogP contribution is -2.37. The summed E-state index contributed by atoms with van der Waals surface area (Å²) >= 11 is 3.09. The van der Waals surface area contributed by atoms with E-state index < -0.39 is 6.04 Å². The van der Waals surface area contributed by atoms with Crippen molar-refractivity contribution in [2.45, 2.75) is 19.5 Å². The molecule has 1 unspecified atom stereocenters. The van der Waals surface area contributed by atoms with E-state index in [-0.39, 0.29) is 5.91 Å². The molecule has 1 aromatic carbocycles. The molecule has 1 atom stereocenters. The average molecular weight is 384 g/mol. The fourth-order valence-electron chi connectivity index (χ4n) is 2.42. The highest BCUT2D eigenvalue weighted by molar-refractivity contribution is 7.22. The lowest BCUT2D eigenvalue weighted by Gasteiger charge is -2.12. The molecule has 1 amide bonds. The van der Waals surface area contributed by atoms with Gasteiger partial charge in [-0.2, -0.15) is 0 Å². The summed E-state index contributed by atoms with van der Waals surface area (Å²) in [4.78, 5) is 22.2. The molecule has 2 N–H and O–H groups in total. The molecule has 0 saturated carbocycles. The van der Waals surface area contributed by atoms with Crippen LogP contribution in [-0.2, 0) is 11.3 Å². The number of rotatable bonds is 6. The van der Waals surface area contributed by atoms with Crippen molar-refractivity contribution in [1.82, 2.24) is 15.3 Å². The largest absolute Gasteiger partial charge is 0.443 e. The molecule has 0 bridgehead atoms. The van der Waals surface area contributed by atoms with Crippen LogP contribution in [0.2, 0.25) is 0 Å². The van der Waals surface area contributed by atoms with Crippen LogP contribution in [0.25, 0.3) is 21.0 Å². The Hall–Kier alpha value is -2.71. The summed E-state index contributed by atoms with van der Waals surface area (Å²) in [6.45, 7) is 2.13. The van der Waals surface area contributed by atoms with Gasteiger partial charge in [0.1, 0.15) is 12.3 Å². The Morgan fingerprint density at radius 1 is 1.23 bits per heavy atom. The zero-order valence-electron chi connectivity index (χ0n) is 13.9. The number of carbonyl (C=O) groups is 1. The van der Waals surface area contributed by atoms with Gasteiger partial charge in [0, 0.05) is 0 Å². The third kappa shape index (κ3) is 3.61. The minimum absolute atomic E-state index is 0.120. The number of nitrogens with zero attached hydrogens (tertiary/aromatic N) is 2. The first-order chi connectivity index (χ1) is 12.7. The van der Waals surface area contributed by atoms with E-state index in [1.807, 2.05) is 41.8 Å². The Balaban J connectivity index is 1.34. The number of para-hydroxylation sites is 1. The predicted molar refractivity (Wildman–Crippen MR) is 104 cm³/mol. The zero-order chi connectivity index (χ0) is 17.9. The van der Waals surface area contributed by atoms with E-state index in [2.05, 4.69) is 20.6 Å². The van der Waals surface area contributed by atoms with Crippen molar-refractivity contribution in [2.75, 3.05) is 5.32 Å². The number of thiophene rings is 1. The summed E-state index contributed by atoms with van der Waals surface area (Å²) in [6, 6.07) is 11.4. The van der Waals surface area contributed by atoms with E-state index in [0.29, 0.717) is 18.1 Å². The van der Waals surface area contributed by atoms with Gasteiger partial charge in [0.2, 0.25) is 11.8 Å². The molecule has 0 aliphatic heterocycles. The second kappa shape index (κ2) is 7.27. The van der Waals surface area contributed by atoms with Gasteiger partial charge in [-0.05, 0) is 30.5 Å². The van der Waals surface area contributed by atoms with Crippen LogP contribution in [-0.4, -0.2) is 21.9 Å². The maximum Gasteiger partial charge on any atom is 0.242 e. The van der Waals surface area contributed by atoms with Gasteiger partial charge in [-0.3, -0.25) is 4.79 Å². The van der Waals surface area contributed by atoms with Crippen molar-refractivity contribution in [3.05, 3.63) is 53.7 Å². The average Bonchev–Trinajstić information content (AvgIpc) is 3.38. The first kappa shape index (κ1) is 16.7. The van der Waals surface area contributed by atoms with E-state index in [1.165, 1.54) is 11.3 Å². The predicted octanol–water partition coefficient (Wildman–Crippen LogP) is 4.13. The molecule has 8 heteroatoms. The zero-order valence-corrected chi connectivity index (χ0v) is 15.6. The van der Waals surface area contributed by atoms with E-state index in [4.69, 9.17) is 4.42 Å². The topological polar surface area (TPSA) is 80.0 Å². The summed E-state index contributed by atoms with van der Waals surface area (Å²) in [6.07, 6.45) is 1.57. The first-order valence-electron chi connectivity index (χ1n) is 8.07. The van der Waals surface area contributed by atoms with Crippen molar-refractivity contribution < 1.29 is 9.21 Å². The number of hydrogen-bond acceptors (Lipinski definition) is 7. The molecule has 0 aliphatic carbocycles. The van der Waals surface area contributed by atoms with Gasteiger partial charge in [-0.1, -0.05) is 29.5 Å². The molecule has 6 nitrogen and oxygen atoms in total. The summed E-state index contributed by atoms with van der Waals surface area (Å²) in [7, 11) is 0. The Morgan fingerprint density at radius 3 is 2.92 bits per heavy atom. The van der Waals surface area contributed by atoms with Gasteiger partial charge in [0.15, 0.2) is 5.13 Å². The molecule has 0 aliphatic rings. The molecule has 3 aromatic heterocycles.